The molecule has 1 N–H and O–H groups in total. The number of methoxy groups -OCH3 is 1. The van der Waals surface area contributed by atoms with E-state index >= 15 is 0 Å². The smallest absolute Gasteiger partial charge is 0.243 e. The lowest BCUT2D eigenvalue weighted by Crippen LogP contribution is -2.32. The number of rotatable bonds is 7. The number of sulfonamides is 1. The first-order chi connectivity index (χ1) is 15.5. The summed E-state index contributed by atoms with van der Waals surface area (Å²) in [4.78, 5) is 22.2. The van der Waals surface area contributed by atoms with E-state index in [2.05, 4.69) is 15.3 Å². The number of carbonyl (C=O) groups is 1. The van der Waals surface area contributed by atoms with Crippen LogP contribution in [0, 0.1) is 0 Å². The average molecular weight is 493 g/mol. The Morgan fingerprint density at radius 1 is 1.19 bits per heavy atom. The van der Waals surface area contributed by atoms with E-state index in [0.717, 1.165) is 40.9 Å². The SMILES string of the molecule is COc1ccc(S(=O)(=O)N2CCCCCC2)cc1NC(=O)CSc1ncnc2sccc12. The molecule has 2 aromatic heterocycles. The number of amides is 1. The molecular weight excluding hydrogens is 468 g/mol. The molecule has 1 fully saturated rings. The van der Waals surface area contributed by atoms with Crippen molar-refractivity contribution in [3.63, 3.8) is 0 Å². The Morgan fingerprint density at radius 3 is 2.72 bits per heavy atom. The Kier molecular flexibility index (Phi) is 7.29. The molecule has 8 nitrogen and oxygen atoms in total. The molecule has 0 unspecified atom stereocenters. The van der Waals surface area contributed by atoms with Gasteiger partial charge in [0.05, 0.1) is 23.4 Å². The van der Waals surface area contributed by atoms with Crippen LogP contribution >= 0.6 is 23.1 Å². The molecule has 0 spiro atoms. The number of aromatic nitrogens is 2. The highest BCUT2D eigenvalue weighted by atomic mass is 32.2. The molecule has 32 heavy (non-hydrogen) atoms. The van der Waals surface area contributed by atoms with Crippen LogP contribution < -0.4 is 10.1 Å². The number of anilines is 1. The molecule has 1 aliphatic rings. The number of thiophene rings is 1. The third-order valence-corrected chi connectivity index (χ3v) is 8.93. The second-order valence-corrected chi connectivity index (χ2v) is 11.1. The summed E-state index contributed by atoms with van der Waals surface area (Å²) in [5, 5.41) is 6.38. The first kappa shape index (κ1) is 23.0. The van der Waals surface area contributed by atoms with Gasteiger partial charge in [-0.1, -0.05) is 24.6 Å². The second kappa shape index (κ2) is 10.2. The van der Waals surface area contributed by atoms with Crippen LogP contribution in [0.1, 0.15) is 25.7 Å². The summed E-state index contributed by atoms with van der Waals surface area (Å²) in [7, 11) is -2.15. The van der Waals surface area contributed by atoms with Crippen LogP contribution in [0.4, 0.5) is 5.69 Å². The number of hydrogen-bond donors (Lipinski definition) is 1. The summed E-state index contributed by atoms with van der Waals surface area (Å²) in [5.74, 6) is 0.244. The Hall–Kier alpha value is -2.21. The summed E-state index contributed by atoms with van der Waals surface area (Å²) in [5.41, 5.74) is 0.331. The predicted molar refractivity (Wildman–Crippen MR) is 127 cm³/mol. The fourth-order valence-electron chi connectivity index (χ4n) is 3.58. The highest BCUT2D eigenvalue weighted by molar-refractivity contribution is 8.00. The average Bonchev–Trinajstić information content (AvgIpc) is 3.10. The fourth-order valence-corrected chi connectivity index (χ4v) is 6.70. The van der Waals surface area contributed by atoms with E-state index in [1.807, 2.05) is 11.4 Å². The molecule has 4 rings (SSSR count). The first-order valence-electron chi connectivity index (χ1n) is 10.3. The van der Waals surface area contributed by atoms with Gasteiger partial charge in [0.1, 0.15) is 21.9 Å². The Labute approximate surface area is 195 Å². The molecule has 0 saturated carbocycles. The Morgan fingerprint density at radius 2 is 1.97 bits per heavy atom. The number of hydrogen-bond acceptors (Lipinski definition) is 8. The third-order valence-electron chi connectivity index (χ3n) is 5.21. The summed E-state index contributed by atoms with van der Waals surface area (Å²) >= 11 is 2.82. The topological polar surface area (TPSA) is 101 Å². The predicted octanol–water partition coefficient (Wildman–Crippen LogP) is 4.00. The molecule has 0 radical (unpaired) electrons. The van der Waals surface area contributed by atoms with Gasteiger partial charge in [0, 0.05) is 18.5 Å². The van der Waals surface area contributed by atoms with Gasteiger partial charge in [-0.15, -0.1) is 11.3 Å². The highest BCUT2D eigenvalue weighted by Gasteiger charge is 2.26. The number of fused-ring (bicyclic) bond motifs is 1. The van der Waals surface area contributed by atoms with Crippen molar-refractivity contribution < 1.29 is 17.9 Å². The molecule has 0 aliphatic carbocycles. The summed E-state index contributed by atoms with van der Waals surface area (Å²) in [6, 6.07) is 6.51. The molecule has 1 saturated heterocycles. The maximum absolute atomic E-state index is 13.1. The van der Waals surface area contributed by atoms with Crippen LogP contribution in [0.25, 0.3) is 10.2 Å². The molecule has 0 atom stereocenters. The van der Waals surface area contributed by atoms with Crippen molar-refractivity contribution in [2.24, 2.45) is 0 Å². The summed E-state index contributed by atoms with van der Waals surface area (Å²) in [6.07, 6.45) is 5.28. The van der Waals surface area contributed by atoms with Crippen molar-refractivity contribution in [3.8, 4) is 5.75 Å². The van der Waals surface area contributed by atoms with E-state index in [1.165, 1.54) is 53.0 Å². The first-order valence-corrected chi connectivity index (χ1v) is 13.6. The maximum atomic E-state index is 13.1. The minimum absolute atomic E-state index is 0.119. The molecule has 3 aromatic rings. The van der Waals surface area contributed by atoms with Gasteiger partial charge >= 0.3 is 0 Å². The van der Waals surface area contributed by atoms with Crippen molar-refractivity contribution >= 4 is 54.9 Å². The van der Waals surface area contributed by atoms with Crippen LogP contribution in [0.5, 0.6) is 5.75 Å². The van der Waals surface area contributed by atoms with E-state index in [1.54, 1.807) is 6.07 Å². The number of thioether (sulfide) groups is 1. The monoisotopic (exact) mass is 492 g/mol. The number of nitrogens with zero attached hydrogens (tertiary/aromatic N) is 3. The van der Waals surface area contributed by atoms with Crippen molar-refractivity contribution in [1.29, 1.82) is 0 Å². The van der Waals surface area contributed by atoms with Crippen LogP contribution in [-0.2, 0) is 14.8 Å². The van der Waals surface area contributed by atoms with Gasteiger partial charge < -0.3 is 10.1 Å². The van der Waals surface area contributed by atoms with E-state index in [0.29, 0.717) is 24.5 Å². The molecule has 170 valence electrons. The summed E-state index contributed by atoms with van der Waals surface area (Å²) in [6.45, 7) is 1.03. The van der Waals surface area contributed by atoms with Crippen molar-refractivity contribution in [3.05, 3.63) is 36.0 Å². The molecule has 0 bridgehead atoms. The van der Waals surface area contributed by atoms with Crippen LogP contribution in [-0.4, -0.2) is 54.6 Å². The van der Waals surface area contributed by atoms with Gasteiger partial charge in [0.2, 0.25) is 15.9 Å². The number of benzene rings is 1. The van der Waals surface area contributed by atoms with E-state index in [4.69, 9.17) is 4.74 Å². The molecule has 1 aliphatic heterocycles. The van der Waals surface area contributed by atoms with Gasteiger partial charge in [0.25, 0.3) is 0 Å². The van der Waals surface area contributed by atoms with Gasteiger partial charge in [0.15, 0.2) is 0 Å². The number of nitrogens with one attached hydrogen (secondary N) is 1. The Bertz CT molecular complexity index is 1200. The van der Waals surface area contributed by atoms with Gasteiger partial charge in [-0.2, -0.15) is 4.31 Å². The lowest BCUT2D eigenvalue weighted by Gasteiger charge is -2.21. The number of carbonyl (C=O) groups excluding carboxylic acids is 1. The quantitative estimate of drug-likeness (QED) is 0.393. The molecule has 11 heteroatoms. The molecular formula is C21H24N4O4S3. The lowest BCUT2D eigenvalue weighted by molar-refractivity contribution is -0.113. The third kappa shape index (κ3) is 5.06. The molecule has 1 aromatic carbocycles. The van der Waals surface area contributed by atoms with Crippen LogP contribution in [0.3, 0.4) is 0 Å². The van der Waals surface area contributed by atoms with E-state index in [9.17, 15) is 13.2 Å². The lowest BCUT2D eigenvalue weighted by atomic mass is 10.2. The minimum Gasteiger partial charge on any atom is -0.495 e. The fraction of sp³-hybridized carbons (Fsp3) is 0.381. The van der Waals surface area contributed by atoms with E-state index in [-0.39, 0.29) is 16.6 Å². The second-order valence-electron chi connectivity index (χ2n) is 7.34. The standard InChI is InChI=1S/C21H24N4O4S3/c1-29-18-7-6-15(32(27,28)25-9-4-2-3-5-10-25)12-17(18)24-19(26)13-31-21-16-8-11-30-20(16)22-14-23-21/h6-8,11-12,14H,2-5,9-10,13H2,1H3,(H,24,26). The van der Waals surface area contributed by atoms with E-state index < -0.39 is 10.0 Å². The van der Waals surface area contributed by atoms with Crippen molar-refractivity contribution in [2.75, 3.05) is 31.3 Å². The summed E-state index contributed by atoms with van der Waals surface area (Å²) < 4.78 is 33.2. The van der Waals surface area contributed by atoms with Gasteiger partial charge in [-0.3, -0.25) is 4.79 Å². The van der Waals surface area contributed by atoms with Crippen molar-refractivity contribution in [1.82, 2.24) is 14.3 Å². The maximum Gasteiger partial charge on any atom is 0.243 e. The van der Waals surface area contributed by atoms with Crippen LogP contribution in [0.15, 0.2) is 45.9 Å². The molecule has 1 amide bonds. The zero-order valence-electron chi connectivity index (χ0n) is 17.6. The van der Waals surface area contributed by atoms with Gasteiger partial charge in [-0.25, -0.2) is 18.4 Å². The van der Waals surface area contributed by atoms with Crippen LogP contribution in [0.2, 0.25) is 0 Å². The normalized spacial score (nSPS) is 15.4. The van der Waals surface area contributed by atoms with Crippen molar-refractivity contribution in [2.45, 2.75) is 35.6 Å². The highest BCUT2D eigenvalue weighted by Crippen LogP contribution is 2.31. The zero-order valence-corrected chi connectivity index (χ0v) is 20.1. The Balaban J connectivity index is 1.50. The minimum atomic E-state index is -3.64. The number of ether oxygens (including phenoxy) is 1. The largest absolute Gasteiger partial charge is 0.495 e. The zero-order chi connectivity index (χ0) is 22.6. The van der Waals surface area contributed by atoms with Gasteiger partial charge in [-0.05, 0) is 42.5 Å². The molecule has 3 heterocycles.